The van der Waals surface area contributed by atoms with Gasteiger partial charge in [-0.25, -0.2) is 4.39 Å². The van der Waals surface area contributed by atoms with Crippen LogP contribution in [0.1, 0.15) is 6.42 Å². The van der Waals surface area contributed by atoms with Crippen molar-refractivity contribution < 1.29 is 9.13 Å². The molecule has 4 heteroatoms. The lowest BCUT2D eigenvalue weighted by molar-refractivity contribution is 0.323. The summed E-state index contributed by atoms with van der Waals surface area (Å²) in [5.41, 5.74) is 2.40. The molecule has 0 bridgehead atoms. The van der Waals surface area contributed by atoms with E-state index in [0.717, 1.165) is 26.1 Å². The van der Waals surface area contributed by atoms with E-state index in [0.29, 0.717) is 12.4 Å². The monoisotopic (exact) mass is 286 g/mol. The summed E-state index contributed by atoms with van der Waals surface area (Å²) in [5.74, 6) is 0.465. The molecule has 0 atom stereocenters. The number of anilines is 2. The van der Waals surface area contributed by atoms with Gasteiger partial charge in [0.05, 0.1) is 17.9 Å². The Labute approximate surface area is 124 Å². The molecule has 0 unspecified atom stereocenters. The van der Waals surface area contributed by atoms with Gasteiger partial charge in [-0.15, -0.1) is 0 Å². The molecule has 0 aromatic heterocycles. The highest BCUT2D eigenvalue weighted by molar-refractivity contribution is 5.70. The molecule has 110 valence electrons. The van der Waals surface area contributed by atoms with Crippen LogP contribution in [-0.2, 0) is 0 Å². The predicted octanol–water partition coefficient (Wildman–Crippen LogP) is 3.53. The average Bonchev–Trinajstić information content (AvgIpc) is 2.72. The lowest BCUT2D eigenvalue weighted by Gasteiger charge is -2.24. The van der Waals surface area contributed by atoms with Gasteiger partial charge in [-0.2, -0.15) is 0 Å². The van der Waals surface area contributed by atoms with Gasteiger partial charge in [0.1, 0.15) is 18.2 Å². The van der Waals surface area contributed by atoms with E-state index in [1.165, 1.54) is 23.5 Å². The van der Waals surface area contributed by atoms with E-state index in [1.807, 2.05) is 6.07 Å². The van der Waals surface area contributed by atoms with E-state index < -0.39 is 0 Å². The van der Waals surface area contributed by atoms with Gasteiger partial charge in [0.15, 0.2) is 0 Å². The maximum absolute atomic E-state index is 12.8. The van der Waals surface area contributed by atoms with Crippen molar-refractivity contribution in [3.05, 3.63) is 54.3 Å². The maximum atomic E-state index is 12.8. The Morgan fingerprint density at radius 3 is 2.76 bits per heavy atom. The van der Waals surface area contributed by atoms with Crippen molar-refractivity contribution in [3.63, 3.8) is 0 Å². The number of benzene rings is 2. The molecule has 0 amide bonds. The molecule has 0 spiro atoms. The second kappa shape index (κ2) is 6.48. The molecule has 1 aliphatic rings. The van der Waals surface area contributed by atoms with Crippen molar-refractivity contribution in [3.8, 4) is 5.75 Å². The molecule has 2 aromatic carbocycles. The quantitative estimate of drug-likeness (QED) is 0.930. The summed E-state index contributed by atoms with van der Waals surface area (Å²) in [7, 11) is 0. The maximum Gasteiger partial charge on any atom is 0.123 e. The first-order chi connectivity index (χ1) is 10.3. The van der Waals surface area contributed by atoms with Crippen LogP contribution in [0.25, 0.3) is 0 Å². The van der Waals surface area contributed by atoms with Gasteiger partial charge in [-0.3, -0.25) is 0 Å². The molecule has 21 heavy (non-hydrogen) atoms. The number of hydrogen-bond donors (Lipinski definition) is 1. The summed E-state index contributed by atoms with van der Waals surface area (Å²) in [6, 6.07) is 14.5. The average molecular weight is 286 g/mol. The molecule has 0 saturated carbocycles. The minimum atomic E-state index is -0.241. The SMILES string of the molecule is Fc1ccc(OCCN2CCCNc3ccccc32)cc1. The van der Waals surface area contributed by atoms with Crippen LogP contribution in [-0.4, -0.2) is 26.2 Å². The summed E-state index contributed by atoms with van der Waals surface area (Å²) in [6.45, 7) is 3.40. The van der Waals surface area contributed by atoms with Crippen LogP contribution < -0.4 is 15.0 Å². The van der Waals surface area contributed by atoms with Crippen molar-refractivity contribution in [2.45, 2.75) is 6.42 Å². The van der Waals surface area contributed by atoms with E-state index in [9.17, 15) is 4.39 Å². The van der Waals surface area contributed by atoms with Crippen LogP contribution in [0.4, 0.5) is 15.8 Å². The lowest BCUT2D eigenvalue weighted by atomic mass is 10.2. The van der Waals surface area contributed by atoms with Crippen molar-refractivity contribution in [2.24, 2.45) is 0 Å². The van der Waals surface area contributed by atoms with Crippen LogP contribution in [0.3, 0.4) is 0 Å². The predicted molar refractivity (Wildman–Crippen MR) is 83.7 cm³/mol. The number of rotatable bonds is 4. The first kappa shape index (κ1) is 13.7. The number of nitrogens with zero attached hydrogens (tertiary/aromatic N) is 1. The van der Waals surface area contributed by atoms with Gasteiger partial charge < -0.3 is 15.0 Å². The minimum Gasteiger partial charge on any atom is -0.492 e. The number of hydrogen-bond acceptors (Lipinski definition) is 3. The fourth-order valence-electron chi connectivity index (χ4n) is 2.55. The van der Waals surface area contributed by atoms with Gasteiger partial charge >= 0.3 is 0 Å². The molecule has 0 aliphatic carbocycles. The van der Waals surface area contributed by atoms with Crippen LogP contribution in [0.5, 0.6) is 5.75 Å². The third-order valence-electron chi connectivity index (χ3n) is 3.61. The summed E-state index contributed by atoms with van der Waals surface area (Å²) in [4.78, 5) is 2.33. The van der Waals surface area contributed by atoms with E-state index >= 15 is 0 Å². The highest BCUT2D eigenvalue weighted by atomic mass is 19.1. The Morgan fingerprint density at radius 1 is 1.10 bits per heavy atom. The van der Waals surface area contributed by atoms with Crippen LogP contribution in [0, 0.1) is 5.82 Å². The minimum absolute atomic E-state index is 0.241. The summed E-state index contributed by atoms with van der Waals surface area (Å²) < 4.78 is 18.5. The molecular formula is C17H19FN2O. The Hall–Kier alpha value is -2.23. The van der Waals surface area contributed by atoms with Gasteiger partial charge in [-0.05, 0) is 42.8 Å². The Kier molecular flexibility index (Phi) is 4.24. The van der Waals surface area contributed by atoms with Crippen LogP contribution in [0.2, 0.25) is 0 Å². The van der Waals surface area contributed by atoms with Crippen molar-refractivity contribution in [1.29, 1.82) is 0 Å². The molecule has 2 aromatic rings. The smallest absolute Gasteiger partial charge is 0.123 e. The van der Waals surface area contributed by atoms with Gasteiger partial charge in [0, 0.05) is 13.1 Å². The van der Waals surface area contributed by atoms with Crippen molar-refractivity contribution in [2.75, 3.05) is 36.5 Å². The summed E-state index contributed by atoms with van der Waals surface area (Å²) in [6.07, 6.45) is 1.10. The number of halogens is 1. The van der Waals surface area contributed by atoms with Crippen LogP contribution >= 0.6 is 0 Å². The highest BCUT2D eigenvalue weighted by Crippen LogP contribution is 2.27. The third kappa shape index (κ3) is 3.45. The lowest BCUT2D eigenvalue weighted by Crippen LogP contribution is -2.29. The second-order valence-electron chi connectivity index (χ2n) is 5.09. The number of nitrogens with one attached hydrogen (secondary N) is 1. The first-order valence-corrected chi connectivity index (χ1v) is 7.29. The van der Waals surface area contributed by atoms with Crippen molar-refractivity contribution in [1.82, 2.24) is 0 Å². The Bertz CT molecular complexity index is 586. The fourth-order valence-corrected chi connectivity index (χ4v) is 2.55. The number of ether oxygens (including phenoxy) is 1. The molecule has 1 N–H and O–H groups in total. The molecule has 1 aliphatic heterocycles. The van der Waals surface area contributed by atoms with E-state index in [2.05, 4.69) is 28.4 Å². The molecule has 3 nitrogen and oxygen atoms in total. The molecule has 3 rings (SSSR count). The largest absolute Gasteiger partial charge is 0.492 e. The zero-order valence-corrected chi connectivity index (χ0v) is 11.9. The van der Waals surface area contributed by atoms with E-state index in [1.54, 1.807) is 12.1 Å². The Balaban J connectivity index is 1.61. The first-order valence-electron chi connectivity index (χ1n) is 7.29. The molecule has 1 heterocycles. The van der Waals surface area contributed by atoms with Gasteiger partial charge in [0.2, 0.25) is 0 Å². The molecule has 0 saturated heterocycles. The topological polar surface area (TPSA) is 24.5 Å². The van der Waals surface area contributed by atoms with E-state index in [-0.39, 0.29) is 5.82 Å². The Morgan fingerprint density at radius 2 is 1.90 bits per heavy atom. The molecular weight excluding hydrogens is 267 g/mol. The van der Waals surface area contributed by atoms with Crippen LogP contribution in [0.15, 0.2) is 48.5 Å². The zero-order chi connectivity index (χ0) is 14.5. The number of fused-ring (bicyclic) bond motifs is 1. The van der Waals surface area contributed by atoms with E-state index in [4.69, 9.17) is 4.74 Å². The molecule has 0 fully saturated rings. The van der Waals surface area contributed by atoms with Gasteiger partial charge in [0.25, 0.3) is 0 Å². The summed E-state index contributed by atoms with van der Waals surface area (Å²) in [5, 5.41) is 3.45. The third-order valence-corrected chi connectivity index (χ3v) is 3.61. The fraction of sp³-hybridized carbons (Fsp3) is 0.294. The second-order valence-corrected chi connectivity index (χ2v) is 5.09. The van der Waals surface area contributed by atoms with Gasteiger partial charge in [-0.1, -0.05) is 12.1 Å². The normalized spacial score (nSPS) is 14.0. The highest BCUT2D eigenvalue weighted by Gasteiger charge is 2.14. The molecule has 0 radical (unpaired) electrons. The van der Waals surface area contributed by atoms with Crippen molar-refractivity contribution >= 4 is 11.4 Å². The summed E-state index contributed by atoms with van der Waals surface area (Å²) >= 11 is 0. The standard InChI is InChI=1S/C17H19FN2O/c18-14-6-8-15(9-7-14)21-13-12-20-11-3-10-19-16-4-1-2-5-17(16)20/h1-2,4-9,19H,3,10-13H2. The zero-order valence-electron chi connectivity index (χ0n) is 11.9. The number of para-hydroxylation sites is 2.